The highest BCUT2D eigenvalue weighted by atomic mass is 32.1. The van der Waals surface area contributed by atoms with Crippen molar-refractivity contribution in [3.63, 3.8) is 0 Å². The van der Waals surface area contributed by atoms with Gasteiger partial charge < -0.3 is 9.72 Å². The topological polar surface area (TPSA) is 63.7 Å². The van der Waals surface area contributed by atoms with Crippen molar-refractivity contribution in [2.45, 2.75) is 18.8 Å². The molecule has 0 atom stereocenters. The molecule has 0 aliphatic heterocycles. The van der Waals surface area contributed by atoms with Gasteiger partial charge in [0.05, 0.1) is 7.11 Å². The molecule has 0 bridgehead atoms. The molecule has 5 nitrogen and oxygen atoms in total. The first kappa shape index (κ1) is 11.3. The van der Waals surface area contributed by atoms with Gasteiger partial charge in [0.15, 0.2) is 5.82 Å². The number of ether oxygens (including phenoxy) is 1. The van der Waals surface area contributed by atoms with E-state index in [1.807, 2.05) is 12.1 Å². The highest BCUT2D eigenvalue weighted by molar-refractivity contribution is 7.71. The Hall–Kier alpha value is -1.82. The summed E-state index contributed by atoms with van der Waals surface area (Å²) in [6.07, 6.45) is 2.42. The van der Waals surface area contributed by atoms with Gasteiger partial charge in [-0.3, -0.25) is 0 Å². The van der Waals surface area contributed by atoms with E-state index in [4.69, 9.17) is 17.0 Å². The number of nitrogens with zero attached hydrogens (tertiary/aromatic N) is 3. The van der Waals surface area contributed by atoms with Crippen LogP contribution in [0.3, 0.4) is 0 Å². The van der Waals surface area contributed by atoms with Gasteiger partial charge in [0.2, 0.25) is 5.88 Å². The zero-order chi connectivity index (χ0) is 12.5. The molecule has 1 fully saturated rings. The summed E-state index contributed by atoms with van der Waals surface area (Å²) >= 11 is 5.18. The number of hydrogen-bond donors (Lipinski definition) is 1. The molecule has 1 aliphatic rings. The van der Waals surface area contributed by atoms with Gasteiger partial charge >= 0.3 is 0 Å². The summed E-state index contributed by atoms with van der Waals surface area (Å²) in [7, 11) is 1.56. The van der Waals surface area contributed by atoms with Gasteiger partial charge in [-0.15, -0.1) is 10.2 Å². The number of H-pyrrole nitrogens is 1. The van der Waals surface area contributed by atoms with E-state index >= 15 is 0 Å². The molecular formula is C12H12N4OS. The molecule has 2 aromatic rings. The average molecular weight is 260 g/mol. The summed E-state index contributed by atoms with van der Waals surface area (Å²) in [5.74, 6) is 1.75. The maximum Gasteiger partial charge on any atom is 0.233 e. The van der Waals surface area contributed by atoms with E-state index < -0.39 is 0 Å². The number of rotatable bonds is 3. The van der Waals surface area contributed by atoms with Crippen molar-refractivity contribution in [3.05, 3.63) is 28.5 Å². The lowest BCUT2D eigenvalue weighted by Crippen LogP contribution is -1.98. The van der Waals surface area contributed by atoms with Crippen molar-refractivity contribution in [1.82, 2.24) is 20.2 Å². The molecule has 2 aromatic heterocycles. The molecule has 3 rings (SSSR count). The van der Waals surface area contributed by atoms with Gasteiger partial charge in [-0.1, -0.05) is 12.2 Å². The van der Waals surface area contributed by atoms with E-state index in [2.05, 4.69) is 20.2 Å². The van der Waals surface area contributed by atoms with Gasteiger partial charge in [-0.2, -0.15) is 0 Å². The Labute approximate surface area is 109 Å². The first-order valence-electron chi connectivity index (χ1n) is 5.75. The number of nitrogens with one attached hydrogen (secondary N) is 1. The third-order valence-electron chi connectivity index (χ3n) is 2.87. The highest BCUT2D eigenvalue weighted by Gasteiger charge is 2.25. The number of aromatic amines is 1. The molecule has 0 aromatic carbocycles. The lowest BCUT2D eigenvalue weighted by Gasteiger charge is -2.04. The van der Waals surface area contributed by atoms with Crippen molar-refractivity contribution >= 4 is 12.2 Å². The summed E-state index contributed by atoms with van der Waals surface area (Å²) in [4.78, 5) is 7.57. The van der Waals surface area contributed by atoms with Crippen LogP contribution in [0.15, 0.2) is 18.2 Å². The fourth-order valence-electron chi connectivity index (χ4n) is 1.77. The first-order chi connectivity index (χ1) is 8.76. The second-order valence-corrected chi connectivity index (χ2v) is 4.68. The molecule has 2 heterocycles. The zero-order valence-corrected chi connectivity index (χ0v) is 10.7. The van der Waals surface area contributed by atoms with Gasteiger partial charge in [-0.05, 0) is 30.9 Å². The van der Waals surface area contributed by atoms with E-state index in [1.54, 1.807) is 13.2 Å². The monoisotopic (exact) mass is 260 g/mol. The highest BCUT2D eigenvalue weighted by Crippen LogP contribution is 2.39. The fraction of sp³-hybridized carbons (Fsp3) is 0.333. The van der Waals surface area contributed by atoms with Crippen LogP contribution in [0.1, 0.15) is 24.5 Å². The predicted molar refractivity (Wildman–Crippen MR) is 69.0 cm³/mol. The molecule has 1 saturated carbocycles. The van der Waals surface area contributed by atoms with Gasteiger partial charge in [0, 0.05) is 11.8 Å². The van der Waals surface area contributed by atoms with E-state index in [0.29, 0.717) is 28.0 Å². The van der Waals surface area contributed by atoms with Crippen LogP contribution in [-0.4, -0.2) is 27.3 Å². The maximum atomic E-state index is 5.18. The number of hydrogen-bond acceptors (Lipinski definition) is 5. The maximum absolute atomic E-state index is 5.18. The molecule has 0 saturated heterocycles. The summed E-state index contributed by atoms with van der Waals surface area (Å²) in [6.45, 7) is 0. The van der Waals surface area contributed by atoms with Crippen molar-refractivity contribution in [2.24, 2.45) is 0 Å². The minimum absolute atomic E-state index is 0.482. The molecule has 1 N–H and O–H groups in total. The van der Waals surface area contributed by atoms with Crippen molar-refractivity contribution in [2.75, 3.05) is 7.11 Å². The first-order valence-corrected chi connectivity index (χ1v) is 6.16. The molecule has 18 heavy (non-hydrogen) atoms. The van der Waals surface area contributed by atoms with E-state index in [1.165, 1.54) is 12.8 Å². The standard InChI is InChI=1S/C12H12N4OS/c1-17-10-5-4-8(15-16-10)12-13-9(7-2-3-7)6-11(18)14-12/h4-7H,2-3H2,1H3,(H,13,14,18). The summed E-state index contributed by atoms with van der Waals surface area (Å²) in [5, 5.41) is 7.99. The van der Waals surface area contributed by atoms with Crippen molar-refractivity contribution < 1.29 is 4.74 Å². The van der Waals surface area contributed by atoms with Gasteiger partial charge in [0.1, 0.15) is 10.3 Å². The Kier molecular flexibility index (Phi) is 2.79. The molecule has 0 unspecified atom stereocenters. The molecular weight excluding hydrogens is 248 g/mol. The van der Waals surface area contributed by atoms with Crippen LogP contribution in [0.2, 0.25) is 0 Å². The summed E-state index contributed by atoms with van der Waals surface area (Å²) in [6, 6.07) is 5.49. The molecule has 0 amide bonds. The van der Waals surface area contributed by atoms with E-state index in [0.717, 1.165) is 5.69 Å². The van der Waals surface area contributed by atoms with E-state index in [-0.39, 0.29) is 0 Å². The van der Waals surface area contributed by atoms with E-state index in [9.17, 15) is 0 Å². The lowest BCUT2D eigenvalue weighted by atomic mass is 10.2. The van der Waals surface area contributed by atoms with Crippen LogP contribution < -0.4 is 4.74 Å². The fourth-order valence-corrected chi connectivity index (χ4v) is 1.99. The third kappa shape index (κ3) is 2.24. The second kappa shape index (κ2) is 4.45. The SMILES string of the molecule is COc1ccc(-c2nc(=S)cc(C3CC3)[nH]2)nn1. The molecule has 0 radical (unpaired) electrons. The molecule has 0 spiro atoms. The minimum Gasteiger partial charge on any atom is -0.480 e. The second-order valence-electron chi connectivity index (χ2n) is 4.26. The largest absolute Gasteiger partial charge is 0.480 e. The quantitative estimate of drug-likeness (QED) is 0.859. The number of methoxy groups -OCH3 is 1. The van der Waals surface area contributed by atoms with Gasteiger partial charge in [0.25, 0.3) is 0 Å². The van der Waals surface area contributed by atoms with Crippen LogP contribution in [-0.2, 0) is 0 Å². The summed E-state index contributed by atoms with van der Waals surface area (Å²) < 4.78 is 5.56. The van der Waals surface area contributed by atoms with Crippen LogP contribution in [0.4, 0.5) is 0 Å². The van der Waals surface area contributed by atoms with Crippen LogP contribution in [0.25, 0.3) is 11.5 Å². The Morgan fingerprint density at radius 1 is 1.33 bits per heavy atom. The van der Waals surface area contributed by atoms with Crippen LogP contribution in [0, 0.1) is 4.64 Å². The Morgan fingerprint density at radius 3 is 2.78 bits per heavy atom. The van der Waals surface area contributed by atoms with Crippen molar-refractivity contribution in [1.29, 1.82) is 0 Å². The van der Waals surface area contributed by atoms with Gasteiger partial charge in [-0.25, -0.2) is 4.98 Å². The third-order valence-corrected chi connectivity index (χ3v) is 3.08. The van der Waals surface area contributed by atoms with Crippen molar-refractivity contribution in [3.8, 4) is 17.4 Å². The van der Waals surface area contributed by atoms with Crippen LogP contribution >= 0.6 is 12.2 Å². The Morgan fingerprint density at radius 2 is 2.17 bits per heavy atom. The smallest absolute Gasteiger partial charge is 0.233 e. The predicted octanol–water partition coefficient (Wildman–Crippen LogP) is 2.48. The number of aromatic nitrogens is 4. The Balaban J connectivity index is 2.01. The zero-order valence-electron chi connectivity index (χ0n) is 9.88. The minimum atomic E-state index is 0.482. The van der Waals surface area contributed by atoms with Crippen LogP contribution in [0.5, 0.6) is 5.88 Å². The summed E-state index contributed by atoms with van der Waals surface area (Å²) in [5.41, 5.74) is 1.81. The molecule has 1 aliphatic carbocycles. The average Bonchev–Trinajstić information content (AvgIpc) is 3.22. The molecule has 6 heteroatoms. The molecule has 92 valence electrons. The normalized spacial score (nSPS) is 14.5. The Bertz CT molecular complexity index is 619. The lowest BCUT2D eigenvalue weighted by molar-refractivity contribution is 0.392.